The van der Waals surface area contributed by atoms with Crippen LogP contribution >= 0.6 is 0 Å². The molecule has 0 aliphatic carbocycles. The lowest BCUT2D eigenvalue weighted by molar-refractivity contribution is 0.287. The first-order valence-electron chi connectivity index (χ1n) is 5.90. The van der Waals surface area contributed by atoms with E-state index in [2.05, 4.69) is 4.98 Å². The molecule has 2 aromatic rings. The first-order valence-corrected chi connectivity index (χ1v) is 5.90. The summed E-state index contributed by atoms with van der Waals surface area (Å²) in [5.41, 5.74) is 1.10. The Kier molecular flexibility index (Phi) is 4.50. The van der Waals surface area contributed by atoms with Crippen molar-refractivity contribution in [1.82, 2.24) is 4.98 Å². The molecule has 0 radical (unpaired) electrons. The highest BCUT2D eigenvalue weighted by Gasteiger charge is 2.07. The van der Waals surface area contributed by atoms with Crippen molar-refractivity contribution in [2.75, 3.05) is 5.23 Å². The molecule has 0 atom stereocenters. The first kappa shape index (κ1) is 13.8. The quantitative estimate of drug-likeness (QED) is 0.839. The van der Waals surface area contributed by atoms with Gasteiger partial charge in [-0.3, -0.25) is 5.21 Å². The summed E-state index contributed by atoms with van der Waals surface area (Å²) in [6, 6.07) is 14.3. The van der Waals surface area contributed by atoms with Gasteiger partial charge >= 0.3 is 0 Å². The van der Waals surface area contributed by atoms with Gasteiger partial charge in [0.25, 0.3) is 0 Å². The largest absolute Gasteiger partial charge is 0.733 e. The highest BCUT2D eigenvalue weighted by molar-refractivity contribution is 5.51. The third-order valence-electron chi connectivity index (χ3n) is 2.61. The van der Waals surface area contributed by atoms with Crippen molar-refractivity contribution in [1.29, 1.82) is 5.26 Å². The number of rotatable bonds is 5. The van der Waals surface area contributed by atoms with Crippen LogP contribution in [-0.2, 0) is 13.0 Å². The summed E-state index contributed by atoms with van der Waals surface area (Å²) in [5.74, 6) is 0.296. The van der Waals surface area contributed by atoms with E-state index >= 15 is 0 Å². The second kappa shape index (κ2) is 6.52. The molecule has 6 nitrogen and oxygen atoms in total. The Morgan fingerprint density at radius 2 is 2.00 bits per heavy atom. The zero-order valence-electron chi connectivity index (χ0n) is 10.6. The number of hydrogen-bond acceptors (Lipinski definition) is 6. The molecule has 20 heavy (non-hydrogen) atoms. The number of pyridine rings is 1. The van der Waals surface area contributed by atoms with Gasteiger partial charge in [0.1, 0.15) is 6.61 Å². The molecule has 0 bridgehead atoms. The molecule has 0 saturated heterocycles. The van der Waals surface area contributed by atoms with Gasteiger partial charge in [-0.25, -0.2) is 4.98 Å². The van der Waals surface area contributed by atoms with Crippen LogP contribution < -0.4 is 9.96 Å². The van der Waals surface area contributed by atoms with Gasteiger partial charge in [0.15, 0.2) is 0 Å². The fraction of sp³-hybridized carbons (Fsp3) is 0.143. The van der Waals surface area contributed by atoms with Crippen molar-refractivity contribution in [3.63, 3.8) is 0 Å². The van der Waals surface area contributed by atoms with E-state index < -0.39 is 0 Å². The number of benzene rings is 1. The second-order valence-electron chi connectivity index (χ2n) is 4.00. The smallest absolute Gasteiger partial charge is 0.213 e. The van der Waals surface area contributed by atoms with Gasteiger partial charge in [-0.1, -0.05) is 30.3 Å². The van der Waals surface area contributed by atoms with E-state index in [1.807, 2.05) is 36.4 Å². The van der Waals surface area contributed by atoms with Crippen molar-refractivity contribution in [2.45, 2.75) is 13.0 Å². The molecule has 1 aromatic heterocycles. The van der Waals surface area contributed by atoms with Crippen molar-refractivity contribution >= 4 is 5.69 Å². The number of hydrogen-bond donors (Lipinski definition) is 1. The minimum atomic E-state index is -0.305. The topological polar surface area (TPSA) is 92.4 Å². The van der Waals surface area contributed by atoms with E-state index in [9.17, 15) is 5.21 Å². The van der Waals surface area contributed by atoms with Crippen molar-refractivity contribution in [2.24, 2.45) is 0 Å². The van der Waals surface area contributed by atoms with Gasteiger partial charge in [-0.15, -0.1) is 0 Å². The summed E-state index contributed by atoms with van der Waals surface area (Å²) in [6.07, 6.45) is -0.0861. The molecule has 0 aliphatic rings. The fourth-order valence-corrected chi connectivity index (χ4v) is 1.67. The molecule has 0 saturated carbocycles. The van der Waals surface area contributed by atoms with Gasteiger partial charge in [0.05, 0.1) is 23.9 Å². The normalized spacial score (nSPS) is 9.85. The van der Waals surface area contributed by atoms with E-state index in [1.165, 1.54) is 12.1 Å². The SMILES string of the molecule is N#CCc1nc(OCc2ccccc2)ccc1N([O-])O. The maximum atomic E-state index is 10.9. The summed E-state index contributed by atoms with van der Waals surface area (Å²) >= 11 is 0. The zero-order valence-corrected chi connectivity index (χ0v) is 10.6. The average Bonchev–Trinajstić information content (AvgIpc) is 2.46. The predicted molar refractivity (Wildman–Crippen MR) is 72.0 cm³/mol. The molecule has 1 N–H and O–H groups in total. The maximum Gasteiger partial charge on any atom is 0.213 e. The Morgan fingerprint density at radius 3 is 2.65 bits per heavy atom. The van der Waals surface area contributed by atoms with Crippen LogP contribution in [0.1, 0.15) is 11.3 Å². The summed E-state index contributed by atoms with van der Waals surface area (Å²) in [7, 11) is 0. The summed E-state index contributed by atoms with van der Waals surface area (Å²) in [6.45, 7) is 0.333. The molecule has 102 valence electrons. The van der Waals surface area contributed by atoms with Gasteiger partial charge < -0.3 is 15.2 Å². The average molecular weight is 270 g/mol. The first-order chi connectivity index (χ1) is 9.70. The third kappa shape index (κ3) is 3.45. The van der Waals surface area contributed by atoms with E-state index in [0.29, 0.717) is 12.5 Å². The highest BCUT2D eigenvalue weighted by atomic mass is 16.8. The van der Waals surface area contributed by atoms with Crippen molar-refractivity contribution in [3.8, 4) is 11.9 Å². The highest BCUT2D eigenvalue weighted by Crippen LogP contribution is 2.21. The summed E-state index contributed by atoms with van der Waals surface area (Å²) in [4.78, 5) is 4.05. The van der Waals surface area contributed by atoms with Crippen LogP contribution in [0.15, 0.2) is 42.5 Å². The van der Waals surface area contributed by atoms with Gasteiger partial charge in [-0.2, -0.15) is 5.26 Å². The molecule has 1 aromatic carbocycles. The fourth-order valence-electron chi connectivity index (χ4n) is 1.67. The number of ether oxygens (including phenoxy) is 1. The van der Waals surface area contributed by atoms with Crippen LogP contribution in [0.5, 0.6) is 5.88 Å². The zero-order chi connectivity index (χ0) is 14.4. The van der Waals surface area contributed by atoms with E-state index in [0.717, 1.165) is 5.56 Å². The Hall–Kier alpha value is -2.62. The number of nitrogens with zero attached hydrogens (tertiary/aromatic N) is 3. The van der Waals surface area contributed by atoms with Gasteiger partial charge in [-0.05, 0) is 11.6 Å². The van der Waals surface area contributed by atoms with Crippen LogP contribution in [0, 0.1) is 16.5 Å². The molecule has 0 fully saturated rings. The Morgan fingerprint density at radius 1 is 1.25 bits per heavy atom. The lowest BCUT2D eigenvalue weighted by Gasteiger charge is -2.23. The van der Waals surface area contributed by atoms with Crippen molar-refractivity contribution < 1.29 is 9.94 Å². The molecular formula is C14H12N3O3-. The number of aromatic nitrogens is 1. The standard InChI is InChI=1S/C14H12N3O3/c15-9-8-12-13(17(18)19)6-7-14(16-12)20-10-11-4-2-1-3-5-11/h1-7,18H,8,10H2/q-1. The Balaban J connectivity index is 2.13. The van der Waals surface area contributed by atoms with E-state index in [4.69, 9.17) is 15.2 Å². The Bertz CT molecular complexity index is 609. The molecule has 0 amide bonds. The van der Waals surface area contributed by atoms with E-state index in [-0.39, 0.29) is 23.0 Å². The van der Waals surface area contributed by atoms with Crippen LogP contribution in [-0.4, -0.2) is 10.2 Å². The Labute approximate surface area is 116 Å². The summed E-state index contributed by atoms with van der Waals surface area (Å²) in [5, 5.41) is 28.2. The third-order valence-corrected chi connectivity index (χ3v) is 2.61. The molecule has 2 rings (SSSR count). The maximum absolute atomic E-state index is 10.9. The monoisotopic (exact) mass is 270 g/mol. The van der Waals surface area contributed by atoms with Crippen LogP contribution in [0.2, 0.25) is 0 Å². The van der Waals surface area contributed by atoms with Crippen LogP contribution in [0.25, 0.3) is 0 Å². The minimum Gasteiger partial charge on any atom is -0.733 e. The van der Waals surface area contributed by atoms with E-state index in [1.54, 1.807) is 0 Å². The molecule has 0 spiro atoms. The molecule has 6 heteroatoms. The molecule has 0 aliphatic heterocycles. The molecule has 1 heterocycles. The summed E-state index contributed by atoms with van der Waals surface area (Å²) < 4.78 is 5.49. The molecule has 0 unspecified atom stereocenters. The van der Waals surface area contributed by atoms with Gasteiger partial charge in [0.2, 0.25) is 5.88 Å². The number of nitriles is 1. The molecular weight excluding hydrogens is 258 g/mol. The van der Waals surface area contributed by atoms with Crippen LogP contribution in [0.4, 0.5) is 5.69 Å². The van der Waals surface area contributed by atoms with Crippen LogP contribution in [0.3, 0.4) is 0 Å². The number of anilines is 1. The second-order valence-corrected chi connectivity index (χ2v) is 4.00. The predicted octanol–water partition coefficient (Wildman–Crippen LogP) is 2.42. The lowest BCUT2D eigenvalue weighted by atomic mass is 10.2. The lowest BCUT2D eigenvalue weighted by Crippen LogP contribution is -2.11. The van der Waals surface area contributed by atoms with Gasteiger partial charge in [0, 0.05) is 6.07 Å². The van der Waals surface area contributed by atoms with Crippen molar-refractivity contribution in [3.05, 3.63) is 58.9 Å². The minimum absolute atomic E-state index is 0.0568.